The summed E-state index contributed by atoms with van der Waals surface area (Å²) in [5, 5.41) is 22.0. The van der Waals surface area contributed by atoms with Crippen LogP contribution >= 0.6 is 0 Å². The van der Waals surface area contributed by atoms with Gasteiger partial charge in [0.25, 0.3) is 0 Å². The molecule has 0 radical (unpaired) electrons. The Bertz CT molecular complexity index is 346. The monoisotopic (exact) mass is 186 g/mol. The predicted octanol–water partition coefficient (Wildman–Crippen LogP) is -0.168. The van der Waals surface area contributed by atoms with E-state index in [4.69, 9.17) is 5.11 Å². The molecule has 0 saturated carbocycles. The van der Waals surface area contributed by atoms with Crippen LogP contribution in [0.25, 0.3) is 0 Å². The Kier molecular flexibility index (Phi) is 2.22. The normalized spacial score (nSPS) is 12.4. The topological polar surface area (TPSA) is 111 Å². The van der Waals surface area contributed by atoms with Crippen LogP contribution in [0, 0.1) is 10.1 Å². The van der Waals surface area contributed by atoms with E-state index in [0.717, 1.165) is 11.0 Å². The molecule has 0 aromatic carbocycles. The number of carbonyl (C=O) groups is 1. The molecule has 0 amide bonds. The second-order valence-electron chi connectivity index (χ2n) is 2.30. The van der Waals surface area contributed by atoms with Gasteiger partial charge in [0.2, 0.25) is 6.33 Å². The van der Waals surface area contributed by atoms with Gasteiger partial charge in [0, 0.05) is 5.10 Å². The van der Waals surface area contributed by atoms with Crippen molar-refractivity contribution in [3.63, 3.8) is 0 Å². The smallest absolute Gasteiger partial charge is 0.480 e. The molecule has 0 aliphatic carbocycles. The average Bonchev–Trinajstić information content (AvgIpc) is 2.50. The maximum absolute atomic E-state index is 10.4. The molecule has 8 nitrogen and oxygen atoms in total. The zero-order chi connectivity index (χ0) is 10.0. The Hall–Kier alpha value is -1.99. The van der Waals surface area contributed by atoms with Crippen molar-refractivity contribution >= 4 is 11.9 Å². The highest BCUT2D eigenvalue weighted by molar-refractivity contribution is 5.71. The van der Waals surface area contributed by atoms with E-state index in [9.17, 15) is 14.9 Å². The second-order valence-corrected chi connectivity index (χ2v) is 2.30. The van der Waals surface area contributed by atoms with E-state index in [2.05, 4.69) is 10.1 Å². The number of nitrogens with zero attached hydrogens (tertiary/aromatic N) is 4. The first kappa shape index (κ1) is 9.10. The summed E-state index contributed by atoms with van der Waals surface area (Å²) in [6.07, 6.45) is 1.01. The van der Waals surface area contributed by atoms with E-state index >= 15 is 0 Å². The van der Waals surface area contributed by atoms with Crippen LogP contribution < -0.4 is 0 Å². The molecule has 1 N–H and O–H groups in total. The lowest BCUT2D eigenvalue weighted by atomic mass is 10.4. The Morgan fingerprint density at radius 1 is 1.85 bits per heavy atom. The van der Waals surface area contributed by atoms with Crippen LogP contribution in [-0.2, 0) is 4.79 Å². The number of hydrogen-bond donors (Lipinski definition) is 1. The minimum absolute atomic E-state index is 0.604. The highest BCUT2D eigenvalue weighted by atomic mass is 16.6. The van der Waals surface area contributed by atoms with Crippen LogP contribution in [0.15, 0.2) is 6.33 Å². The van der Waals surface area contributed by atoms with Crippen molar-refractivity contribution in [3.8, 4) is 0 Å². The molecule has 0 aliphatic heterocycles. The number of carboxylic acids is 1. The van der Waals surface area contributed by atoms with Gasteiger partial charge in [0.15, 0.2) is 6.04 Å². The van der Waals surface area contributed by atoms with E-state index in [0.29, 0.717) is 0 Å². The molecule has 0 spiro atoms. The minimum Gasteiger partial charge on any atom is -0.480 e. The molecular weight excluding hydrogens is 180 g/mol. The summed E-state index contributed by atoms with van der Waals surface area (Å²) in [4.78, 5) is 23.1. The maximum atomic E-state index is 10.4. The van der Waals surface area contributed by atoms with Gasteiger partial charge in [-0.25, -0.2) is 4.79 Å². The van der Waals surface area contributed by atoms with Crippen LogP contribution in [0.3, 0.4) is 0 Å². The lowest BCUT2D eigenvalue weighted by Gasteiger charge is -1.99. The molecular formula is C5H6N4O4. The maximum Gasteiger partial charge on any atom is 0.490 e. The molecule has 0 fully saturated rings. The van der Waals surface area contributed by atoms with E-state index in [-0.39, 0.29) is 0 Å². The highest BCUT2D eigenvalue weighted by Crippen LogP contribution is 2.06. The third-order valence-corrected chi connectivity index (χ3v) is 1.41. The zero-order valence-corrected chi connectivity index (χ0v) is 6.62. The molecule has 1 atom stereocenters. The summed E-state index contributed by atoms with van der Waals surface area (Å²) in [5.41, 5.74) is 0. The molecule has 1 aromatic rings. The van der Waals surface area contributed by atoms with Crippen LogP contribution in [-0.4, -0.2) is 30.8 Å². The van der Waals surface area contributed by atoms with E-state index in [1.807, 2.05) is 0 Å². The molecule has 13 heavy (non-hydrogen) atoms. The zero-order valence-electron chi connectivity index (χ0n) is 6.62. The molecule has 1 heterocycles. The molecule has 70 valence electrons. The third-order valence-electron chi connectivity index (χ3n) is 1.41. The lowest BCUT2D eigenvalue weighted by molar-refractivity contribution is -0.394. The number of hydrogen-bond acceptors (Lipinski definition) is 5. The summed E-state index contributed by atoms with van der Waals surface area (Å²) in [7, 11) is 0. The van der Waals surface area contributed by atoms with E-state index in [1.54, 1.807) is 0 Å². The van der Waals surface area contributed by atoms with Gasteiger partial charge in [-0.2, -0.15) is 4.68 Å². The predicted molar refractivity (Wildman–Crippen MR) is 39.0 cm³/mol. The van der Waals surface area contributed by atoms with Crippen molar-refractivity contribution in [3.05, 3.63) is 16.4 Å². The van der Waals surface area contributed by atoms with Gasteiger partial charge in [-0.05, 0) is 11.8 Å². The summed E-state index contributed by atoms with van der Waals surface area (Å²) in [6, 6.07) is -0.957. The van der Waals surface area contributed by atoms with Gasteiger partial charge in [-0.15, -0.1) is 0 Å². The summed E-state index contributed by atoms with van der Waals surface area (Å²) in [6.45, 7) is 1.35. The van der Waals surface area contributed by atoms with Crippen LogP contribution in [0.5, 0.6) is 0 Å². The largest absolute Gasteiger partial charge is 0.490 e. The minimum atomic E-state index is -1.13. The number of aliphatic carboxylic acids is 1. The standard InChI is InChI=1S/C5H6N4O4/c1-3(4(10)11)8-2-6-5(7-8)9(12)13/h2-3H,1H3,(H,10,11). The second kappa shape index (κ2) is 3.17. The summed E-state index contributed by atoms with van der Waals surface area (Å²) < 4.78 is 0.917. The van der Waals surface area contributed by atoms with Crippen LogP contribution in [0.1, 0.15) is 13.0 Å². The van der Waals surface area contributed by atoms with E-state index < -0.39 is 22.9 Å². The summed E-state index contributed by atoms with van der Waals surface area (Å²) >= 11 is 0. The fourth-order valence-electron chi connectivity index (χ4n) is 0.649. The highest BCUT2D eigenvalue weighted by Gasteiger charge is 2.21. The molecule has 0 bridgehead atoms. The number of aromatic nitrogens is 3. The first-order valence-electron chi connectivity index (χ1n) is 3.30. The molecule has 0 saturated heterocycles. The quantitative estimate of drug-likeness (QED) is 0.518. The van der Waals surface area contributed by atoms with Crippen LogP contribution in [0.4, 0.5) is 5.95 Å². The molecule has 1 rings (SSSR count). The number of carboxylic acid groups (broad SMARTS) is 1. The molecule has 0 aliphatic rings. The Morgan fingerprint density at radius 2 is 2.46 bits per heavy atom. The first-order chi connectivity index (χ1) is 6.02. The Labute approximate surface area is 72.0 Å². The number of nitro groups is 1. The molecule has 1 unspecified atom stereocenters. The van der Waals surface area contributed by atoms with Crippen LogP contribution in [0.2, 0.25) is 0 Å². The fraction of sp³-hybridized carbons (Fsp3) is 0.400. The van der Waals surface area contributed by atoms with Gasteiger partial charge in [-0.3, -0.25) is 0 Å². The molecule has 8 heteroatoms. The number of rotatable bonds is 3. The summed E-state index contributed by atoms with van der Waals surface area (Å²) in [5.74, 6) is -1.73. The van der Waals surface area contributed by atoms with Gasteiger partial charge >= 0.3 is 11.9 Å². The van der Waals surface area contributed by atoms with Gasteiger partial charge in [0.05, 0.1) is 0 Å². The lowest BCUT2D eigenvalue weighted by Crippen LogP contribution is -2.16. The van der Waals surface area contributed by atoms with Crippen molar-refractivity contribution in [2.75, 3.05) is 0 Å². The van der Waals surface area contributed by atoms with E-state index in [1.165, 1.54) is 6.92 Å². The van der Waals surface area contributed by atoms with Gasteiger partial charge in [-0.1, -0.05) is 4.98 Å². The van der Waals surface area contributed by atoms with Crippen molar-refractivity contribution in [1.82, 2.24) is 14.8 Å². The van der Waals surface area contributed by atoms with Gasteiger partial charge in [0.1, 0.15) is 0 Å². The Balaban J connectivity index is 2.91. The fourth-order valence-corrected chi connectivity index (χ4v) is 0.649. The SMILES string of the molecule is CC(C(=O)O)n1cnc([N+](=O)[O-])n1. The van der Waals surface area contributed by atoms with Gasteiger partial charge < -0.3 is 15.2 Å². The van der Waals surface area contributed by atoms with Crippen molar-refractivity contribution < 1.29 is 14.8 Å². The third kappa shape index (κ3) is 1.78. The van der Waals surface area contributed by atoms with Crippen molar-refractivity contribution in [2.45, 2.75) is 13.0 Å². The Morgan fingerprint density at radius 3 is 2.85 bits per heavy atom. The average molecular weight is 186 g/mol. The first-order valence-corrected chi connectivity index (χ1v) is 3.30. The van der Waals surface area contributed by atoms with Crippen molar-refractivity contribution in [1.29, 1.82) is 0 Å². The van der Waals surface area contributed by atoms with Crippen molar-refractivity contribution in [2.24, 2.45) is 0 Å². The molecule has 1 aromatic heterocycles.